The number of anilines is 1. The van der Waals surface area contributed by atoms with Gasteiger partial charge >= 0.3 is 0 Å². The molecule has 1 aromatic heterocycles. The van der Waals surface area contributed by atoms with Crippen molar-refractivity contribution in [3.05, 3.63) is 39.3 Å². The summed E-state index contributed by atoms with van der Waals surface area (Å²) in [6.45, 7) is 8.35. The number of rotatable bonds is 4. The van der Waals surface area contributed by atoms with Crippen molar-refractivity contribution in [2.45, 2.75) is 33.7 Å². The van der Waals surface area contributed by atoms with Gasteiger partial charge < -0.3 is 10.1 Å². The largest absolute Gasteiger partial charge is 0.496 e. The van der Waals surface area contributed by atoms with E-state index in [1.807, 2.05) is 12.4 Å². The van der Waals surface area contributed by atoms with E-state index < -0.39 is 0 Å². The summed E-state index contributed by atoms with van der Waals surface area (Å²) in [4.78, 5) is 5.58. The number of ether oxygens (including phenoxy) is 1. The van der Waals surface area contributed by atoms with E-state index in [0.717, 1.165) is 28.3 Å². The van der Waals surface area contributed by atoms with Crippen molar-refractivity contribution in [1.82, 2.24) is 4.98 Å². The van der Waals surface area contributed by atoms with Crippen LogP contribution in [0.5, 0.6) is 5.75 Å². The maximum absolute atomic E-state index is 5.46. The van der Waals surface area contributed by atoms with E-state index in [2.05, 4.69) is 43.2 Å². The zero-order valence-corrected chi connectivity index (χ0v) is 12.9. The van der Waals surface area contributed by atoms with E-state index in [1.165, 1.54) is 4.88 Å². The lowest BCUT2D eigenvalue weighted by Gasteiger charge is -2.19. The van der Waals surface area contributed by atoms with Crippen molar-refractivity contribution in [2.24, 2.45) is 0 Å². The lowest BCUT2D eigenvalue weighted by Crippen LogP contribution is -2.08. The van der Waals surface area contributed by atoms with E-state index in [-0.39, 0.29) is 6.04 Å². The molecule has 19 heavy (non-hydrogen) atoms. The molecule has 0 radical (unpaired) electrons. The Bertz CT molecular complexity index is 578. The molecule has 4 heteroatoms. The van der Waals surface area contributed by atoms with Gasteiger partial charge in [-0.15, -0.1) is 11.3 Å². The summed E-state index contributed by atoms with van der Waals surface area (Å²) in [7, 11) is 1.72. The van der Waals surface area contributed by atoms with Gasteiger partial charge in [0.25, 0.3) is 0 Å². The van der Waals surface area contributed by atoms with Crippen molar-refractivity contribution in [3.63, 3.8) is 0 Å². The highest BCUT2D eigenvalue weighted by molar-refractivity contribution is 7.09. The predicted molar refractivity (Wildman–Crippen MR) is 81.4 cm³/mol. The SMILES string of the molecule is COc1c(C)ccc(NC(C)c2scnc2C)c1C. The van der Waals surface area contributed by atoms with Crippen LogP contribution in [0.4, 0.5) is 5.69 Å². The molecule has 2 aromatic rings. The molecule has 3 nitrogen and oxygen atoms in total. The Morgan fingerprint density at radius 2 is 2.00 bits per heavy atom. The molecule has 0 saturated carbocycles. The van der Waals surface area contributed by atoms with Gasteiger partial charge in [-0.25, -0.2) is 4.98 Å². The zero-order chi connectivity index (χ0) is 14.0. The summed E-state index contributed by atoms with van der Waals surface area (Å²) in [5, 5.41) is 3.55. The summed E-state index contributed by atoms with van der Waals surface area (Å²) in [5.74, 6) is 0.957. The molecular weight excluding hydrogens is 256 g/mol. The molecule has 0 fully saturated rings. The van der Waals surface area contributed by atoms with Crippen LogP contribution in [0.25, 0.3) is 0 Å². The first-order valence-electron chi connectivity index (χ1n) is 6.35. The summed E-state index contributed by atoms with van der Waals surface area (Å²) < 4.78 is 5.46. The molecular formula is C15H20N2OS. The minimum Gasteiger partial charge on any atom is -0.496 e. The van der Waals surface area contributed by atoms with Crippen LogP contribution in [0.1, 0.15) is 34.7 Å². The average Bonchev–Trinajstić information content (AvgIpc) is 2.80. The highest BCUT2D eigenvalue weighted by Gasteiger charge is 2.14. The van der Waals surface area contributed by atoms with Crippen molar-refractivity contribution in [2.75, 3.05) is 12.4 Å². The molecule has 1 aromatic carbocycles. The highest BCUT2D eigenvalue weighted by Crippen LogP contribution is 2.32. The monoisotopic (exact) mass is 276 g/mol. The Hall–Kier alpha value is -1.55. The zero-order valence-electron chi connectivity index (χ0n) is 12.1. The molecule has 0 amide bonds. The van der Waals surface area contributed by atoms with Crippen molar-refractivity contribution >= 4 is 17.0 Å². The van der Waals surface area contributed by atoms with Crippen LogP contribution >= 0.6 is 11.3 Å². The van der Waals surface area contributed by atoms with Crippen LogP contribution in [0.3, 0.4) is 0 Å². The minimum atomic E-state index is 0.249. The molecule has 0 aliphatic carbocycles. The number of hydrogen-bond donors (Lipinski definition) is 1. The molecule has 102 valence electrons. The van der Waals surface area contributed by atoms with Gasteiger partial charge in [-0.05, 0) is 39.3 Å². The quantitative estimate of drug-likeness (QED) is 0.906. The Balaban J connectivity index is 2.27. The van der Waals surface area contributed by atoms with Crippen LogP contribution in [0.15, 0.2) is 17.6 Å². The number of nitrogens with zero attached hydrogens (tertiary/aromatic N) is 1. The normalized spacial score (nSPS) is 12.3. The number of nitrogens with one attached hydrogen (secondary N) is 1. The van der Waals surface area contributed by atoms with Crippen LogP contribution < -0.4 is 10.1 Å². The van der Waals surface area contributed by atoms with Crippen LogP contribution in [-0.2, 0) is 0 Å². The Kier molecular flexibility index (Phi) is 4.10. The first-order chi connectivity index (χ1) is 9.04. The number of benzene rings is 1. The second-order valence-electron chi connectivity index (χ2n) is 4.76. The fourth-order valence-corrected chi connectivity index (χ4v) is 3.13. The minimum absolute atomic E-state index is 0.249. The van der Waals surface area contributed by atoms with Gasteiger partial charge in [0, 0.05) is 16.1 Å². The maximum atomic E-state index is 5.46. The third kappa shape index (κ3) is 2.73. The first kappa shape index (κ1) is 13.9. The molecule has 0 aliphatic heterocycles. The fraction of sp³-hybridized carbons (Fsp3) is 0.400. The molecule has 1 unspecified atom stereocenters. The fourth-order valence-electron chi connectivity index (χ4n) is 2.32. The summed E-state index contributed by atoms with van der Waals surface area (Å²) >= 11 is 1.69. The standard InChI is InChI=1S/C15H20N2OS/c1-9-6-7-13(10(2)14(9)18-5)17-12(4)15-11(3)16-8-19-15/h6-8,12,17H,1-5H3. The number of aromatic nitrogens is 1. The Morgan fingerprint density at radius 1 is 1.26 bits per heavy atom. The Morgan fingerprint density at radius 3 is 2.58 bits per heavy atom. The second-order valence-corrected chi connectivity index (χ2v) is 5.64. The highest BCUT2D eigenvalue weighted by atomic mass is 32.1. The van der Waals surface area contributed by atoms with Crippen LogP contribution in [0.2, 0.25) is 0 Å². The molecule has 2 rings (SSSR count). The molecule has 1 N–H and O–H groups in total. The maximum Gasteiger partial charge on any atom is 0.126 e. The van der Waals surface area contributed by atoms with Gasteiger partial charge in [0.2, 0.25) is 0 Å². The van der Waals surface area contributed by atoms with Crippen LogP contribution in [0, 0.1) is 20.8 Å². The lowest BCUT2D eigenvalue weighted by molar-refractivity contribution is 0.409. The van der Waals surface area contributed by atoms with Crippen molar-refractivity contribution in [1.29, 1.82) is 0 Å². The lowest BCUT2D eigenvalue weighted by atomic mass is 10.1. The van der Waals surface area contributed by atoms with Gasteiger partial charge in [-0.3, -0.25) is 0 Å². The summed E-state index contributed by atoms with van der Waals surface area (Å²) in [6, 6.07) is 4.44. The Labute approximate surface area is 118 Å². The molecule has 1 atom stereocenters. The number of methoxy groups -OCH3 is 1. The molecule has 1 heterocycles. The van der Waals surface area contributed by atoms with Crippen molar-refractivity contribution < 1.29 is 4.74 Å². The van der Waals surface area contributed by atoms with E-state index in [0.29, 0.717) is 0 Å². The van der Waals surface area contributed by atoms with Gasteiger partial charge in [0.1, 0.15) is 5.75 Å². The molecule has 0 saturated heterocycles. The van der Waals surface area contributed by atoms with Gasteiger partial charge in [0.05, 0.1) is 24.4 Å². The topological polar surface area (TPSA) is 34.1 Å². The number of hydrogen-bond acceptors (Lipinski definition) is 4. The predicted octanol–water partition coefficient (Wildman–Crippen LogP) is 4.25. The average molecular weight is 276 g/mol. The van der Waals surface area contributed by atoms with E-state index in [4.69, 9.17) is 4.74 Å². The summed E-state index contributed by atoms with van der Waals surface area (Å²) in [5.41, 5.74) is 6.42. The van der Waals surface area contributed by atoms with Gasteiger partial charge in [0.15, 0.2) is 0 Å². The third-order valence-electron chi connectivity index (χ3n) is 3.35. The smallest absolute Gasteiger partial charge is 0.126 e. The molecule has 0 spiro atoms. The van der Waals surface area contributed by atoms with E-state index in [9.17, 15) is 0 Å². The van der Waals surface area contributed by atoms with Gasteiger partial charge in [-0.1, -0.05) is 6.07 Å². The number of thiazole rings is 1. The van der Waals surface area contributed by atoms with Gasteiger partial charge in [-0.2, -0.15) is 0 Å². The summed E-state index contributed by atoms with van der Waals surface area (Å²) in [6.07, 6.45) is 0. The molecule has 0 bridgehead atoms. The molecule has 0 aliphatic rings. The second kappa shape index (κ2) is 5.61. The third-order valence-corrected chi connectivity index (χ3v) is 4.47. The van der Waals surface area contributed by atoms with E-state index >= 15 is 0 Å². The van der Waals surface area contributed by atoms with Crippen molar-refractivity contribution in [3.8, 4) is 5.75 Å². The number of aryl methyl sites for hydroxylation is 2. The first-order valence-corrected chi connectivity index (χ1v) is 7.23. The van der Waals surface area contributed by atoms with Crippen LogP contribution in [-0.4, -0.2) is 12.1 Å². The van der Waals surface area contributed by atoms with E-state index in [1.54, 1.807) is 18.4 Å².